The Morgan fingerprint density at radius 1 is 1.23 bits per heavy atom. The molecule has 0 saturated heterocycles. The summed E-state index contributed by atoms with van der Waals surface area (Å²) in [5.74, 6) is -4.74. The molecule has 0 radical (unpaired) electrons. The SMILES string of the molecule is C[C@H]1CC2C3CCC4=CC(=O)C=CC4(C)[C@@]3(F)[C@@H](O)CC2(C)[C@@]1(OC(=O)CCC(=O)O)C(=O)CCl. The number of hydrogen-bond donors (Lipinski definition) is 2. The molecule has 0 amide bonds. The van der Waals surface area contributed by atoms with Gasteiger partial charge in [-0.05, 0) is 50.7 Å². The van der Waals surface area contributed by atoms with Crippen LogP contribution in [-0.2, 0) is 23.9 Å². The van der Waals surface area contributed by atoms with Gasteiger partial charge < -0.3 is 14.9 Å². The number of carbonyl (C=O) groups excluding carboxylic acids is 3. The number of halogens is 2. The van der Waals surface area contributed by atoms with Gasteiger partial charge in [-0.1, -0.05) is 25.5 Å². The van der Waals surface area contributed by atoms with E-state index in [1.54, 1.807) is 26.8 Å². The van der Waals surface area contributed by atoms with Crippen molar-refractivity contribution in [1.29, 1.82) is 0 Å². The lowest BCUT2D eigenvalue weighted by molar-refractivity contribution is -0.227. The van der Waals surface area contributed by atoms with E-state index in [1.165, 1.54) is 12.2 Å². The van der Waals surface area contributed by atoms with Gasteiger partial charge in [0.1, 0.15) is 0 Å². The molecule has 4 aliphatic rings. The number of allylic oxidation sites excluding steroid dienone is 4. The number of hydrogen-bond acceptors (Lipinski definition) is 6. The number of esters is 1. The van der Waals surface area contributed by atoms with E-state index in [0.29, 0.717) is 24.8 Å². The third-order valence-electron chi connectivity index (χ3n) is 9.53. The third-order valence-corrected chi connectivity index (χ3v) is 9.78. The van der Waals surface area contributed by atoms with Gasteiger partial charge in [0.25, 0.3) is 0 Å². The molecule has 0 aromatic carbocycles. The van der Waals surface area contributed by atoms with E-state index in [1.807, 2.05) is 0 Å². The summed E-state index contributed by atoms with van der Waals surface area (Å²) in [6, 6.07) is 0. The first-order valence-electron chi connectivity index (χ1n) is 12.1. The number of alkyl halides is 2. The van der Waals surface area contributed by atoms with Gasteiger partial charge in [0.05, 0.1) is 24.8 Å². The maximum absolute atomic E-state index is 17.3. The van der Waals surface area contributed by atoms with E-state index < -0.39 is 82.4 Å². The second kappa shape index (κ2) is 8.51. The van der Waals surface area contributed by atoms with Gasteiger partial charge in [0.15, 0.2) is 22.8 Å². The number of fused-ring (bicyclic) bond motifs is 5. The van der Waals surface area contributed by atoms with Crippen molar-refractivity contribution in [2.45, 2.75) is 76.7 Å². The molecule has 3 saturated carbocycles. The number of carbonyl (C=O) groups is 4. The Labute approximate surface area is 208 Å². The van der Waals surface area contributed by atoms with Crippen LogP contribution in [0.2, 0.25) is 0 Å². The molecule has 0 spiro atoms. The molecule has 35 heavy (non-hydrogen) atoms. The van der Waals surface area contributed by atoms with Gasteiger partial charge in [-0.2, -0.15) is 0 Å². The first kappa shape index (κ1) is 26.0. The highest BCUT2D eigenvalue weighted by atomic mass is 35.5. The van der Waals surface area contributed by atoms with Gasteiger partial charge in [-0.3, -0.25) is 19.2 Å². The van der Waals surface area contributed by atoms with Crippen molar-refractivity contribution in [2.24, 2.45) is 28.6 Å². The first-order chi connectivity index (χ1) is 16.3. The number of aliphatic hydroxyl groups is 1. The Morgan fingerprint density at radius 2 is 1.91 bits per heavy atom. The molecule has 0 aromatic heterocycles. The normalized spacial score (nSPS) is 44.1. The van der Waals surface area contributed by atoms with Gasteiger partial charge >= 0.3 is 11.9 Å². The second-order valence-electron chi connectivity index (χ2n) is 11.1. The highest BCUT2D eigenvalue weighted by Crippen LogP contribution is 2.71. The smallest absolute Gasteiger partial charge is 0.307 e. The van der Waals surface area contributed by atoms with Crippen molar-refractivity contribution < 1.29 is 38.5 Å². The number of Topliss-reactive ketones (excluding diaryl/α,β-unsaturated/α-hetero) is 1. The topological polar surface area (TPSA) is 118 Å². The minimum Gasteiger partial charge on any atom is -0.481 e. The molecule has 0 heterocycles. The Balaban J connectivity index is 1.78. The van der Waals surface area contributed by atoms with Crippen molar-refractivity contribution in [3.63, 3.8) is 0 Å². The molecule has 8 atom stereocenters. The van der Waals surface area contributed by atoms with Crippen molar-refractivity contribution in [3.05, 3.63) is 23.8 Å². The summed E-state index contributed by atoms with van der Waals surface area (Å²) in [6.07, 6.45) is 3.10. The molecule has 0 bridgehead atoms. The molecule has 4 rings (SSSR count). The van der Waals surface area contributed by atoms with Crippen LogP contribution in [0.1, 0.15) is 59.3 Å². The van der Waals surface area contributed by atoms with Crippen LogP contribution in [0, 0.1) is 28.6 Å². The monoisotopic (exact) mass is 510 g/mol. The number of aliphatic hydroxyl groups excluding tert-OH is 1. The lowest BCUT2D eigenvalue weighted by Crippen LogP contribution is -2.70. The van der Waals surface area contributed by atoms with E-state index in [2.05, 4.69) is 0 Å². The third kappa shape index (κ3) is 3.39. The quantitative estimate of drug-likeness (QED) is 0.414. The fourth-order valence-electron chi connectivity index (χ4n) is 7.94. The van der Waals surface area contributed by atoms with Crippen LogP contribution in [0.3, 0.4) is 0 Å². The molecule has 7 nitrogen and oxygen atoms in total. The summed E-state index contributed by atoms with van der Waals surface area (Å²) in [4.78, 5) is 49.1. The summed E-state index contributed by atoms with van der Waals surface area (Å²) < 4.78 is 23.1. The maximum Gasteiger partial charge on any atom is 0.307 e. The zero-order chi connectivity index (χ0) is 26.0. The predicted molar refractivity (Wildman–Crippen MR) is 124 cm³/mol. The molecule has 192 valence electrons. The lowest BCUT2D eigenvalue weighted by Gasteiger charge is -2.62. The van der Waals surface area contributed by atoms with Crippen molar-refractivity contribution in [3.8, 4) is 0 Å². The first-order valence-corrected chi connectivity index (χ1v) is 12.7. The highest BCUT2D eigenvalue weighted by Gasteiger charge is 2.77. The van der Waals surface area contributed by atoms with E-state index in [0.717, 1.165) is 0 Å². The lowest BCUT2D eigenvalue weighted by atomic mass is 9.44. The predicted octanol–water partition coefficient (Wildman–Crippen LogP) is 3.56. The maximum atomic E-state index is 17.3. The Morgan fingerprint density at radius 3 is 2.54 bits per heavy atom. The molecule has 2 N–H and O–H groups in total. The molecule has 0 aromatic rings. The van der Waals surface area contributed by atoms with Crippen LogP contribution >= 0.6 is 11.6 Å². The summed E-state index contributed by atoms with van der Waals surface area (Å²) in [5.41, 5.74) is -5.41. The average molecular weight is 511 g/mol. The number of ketones is 2. The Kier molecular flexibility index (Phi) is 6.33. The largest absolute Gasteiger partial charge is 0.481 e. The van der Waals surface area contributed by atoms with Gasteiger partial charge in [0.2, 0.25) is 0 Å². The van der Waals surface area contributed by atoms with E-state index >= 15 is 4.39 Å². The number of aliphatic carboxylic acids is 1. The number of carboxylic acids is 1. The molecular formula is C26H32ClFO7. The average Bonchev–Trinajstić information content (AvgIpc) is 3.00. The Hall–Kier alpha value is -2.06. The summed E-state index contributed by atoms with van der Waals surface area (Å²) in [6.45, 7) is 5.23. The minimum atomic E-state index is -2.08. The van der Waals surface area contributed by atoms with E-state index in [4.69, 9.17) is 21.4 Å². The number of carboxylic acid groups (broad SMARTS) is 1. The number of ether oxygens (including phenoxy) is 1. The molecule has 4 aliphatic carbocycles. The molecule has 0 aliphatic heterocycles. The van der Waals surface area contributed by atoms with E-state index in [-0.39, 0.29) is 12.2 Å². The zero-order valence-electron chi connectivity index (χ0n) is 20.2. The fraction of sp³-hybridized carbons (Fsp3) is 0.692. The highest BCUT2D eigenvalue weighted by molar-refractivity contribution is 6.29. The van der Waals surface area contributed by atoms with Crippen LogP contribution < -0.4 is 0 Å². The van der Waals surface area contributed by atoms with Crippen molar-refractivity contribution in [1.82, 2.24) is 0 Å². The van der Waals surface area contributed by atoms with Crippen LogP contribution in [-0.4, -0.2) is 57.0 Å². The van der Waals surface area contributed by atoms with Crippen LogP contribution in [0.5, 0.6) is 0 Å². The second-order valence-corrected chi connectivity index (χ2v) is 11.3. The molecule has 4 unspecified atom stereocenters. The number of rotatable bonds is 6. The van der Waals surface area contributed by atoms with Gasteiger partial charge in [0, 0.05) is 22.7 Å². The van der Waals surface area contributed by atoms with Crippen molar-refractivity contribution >= 4 is 35.1 Å². The standard InChI is InChI=1S/C26H32ClFO7/c1-14-10-18-17-5-4-15-11-16(29)8-9-23(15,2)25(17,28)19(30)12-24(18,3)26(14,20(31)13-27)35-22(34)7-6-21(32)33/h8-9,11,14,17-19,30H,4-7,10,12-13H2,1-3H3,(H,32,33)/t14-,17?,18?,19-,23?,24?,25-,26-/m0/s1. The van der Waals surface area contributed by atoms with E-state index in [9.17, 15) is 24.3 Å². The van der Waals surface area contributed by atoms with Crippen LogP contribution in [0.25, 0.3) is 0 Å². The zero-order valence-corrected chi connectivity index (χ0v) is 20.9. The minimum absolute atomic E-state index is 0.144. The fourth-order valence-corrected chi connectivity index (χ4v) is 8.14. The van der Waals surface area contributed by atoms with Crippen LogP contribution in [0.15, 0.2) is 23.8 Å². The molecular weight excluding hydrogens is 479 g/mol. The summed E-state index contributed by atoms with van der Waals surface area (Å²) in [7, 11) is 0. The van der Waals surface area contributed by atoms with Gasteiger partial charge in [-0.25, -0.2) is 4.39 Å². The molecule has 3 fully saturated rings. The summed E-state index contributed by atoms with van der Waals surface area (Å²) >= 11 is 6.00. The molecule has 9 heteroatoms. The van der Waals surface area contributed by atoms with Crippen LogP contribution in [0.4, 0.5) is 4.39 Å². The van der Waals surface area contributed by atoms with Crippen molar-refractivity contribution in [2.75, 3.05) is 5.88 Å². The summed E-state index contributed by atoms with van der Waals surface area (Å²) in [5, 5.41) is 20.4. The Bertz CT molecular complexity index is 1040. The van der Waals surface area contributed by atoms with Gasteiger partial charge in [-0.15, -0.1) is 11.6 Å².